The standard InChI is InChI=1S/C11H15N3O4/c1-7-3-8(5-12-4-7)14-11(17)13-6-9(18-2)10(15)16/h3-5,9H,6H2,1-2H3,(H,15,16)(H2,13,14,17). The molecule has 7 nitrogen and oxygen atoms in total. The first-order chi connectivity index (χ1) is 8.52. The number of ether oxygens (including phenoxy) is 1. The van der Waals surface area contributed by atoms with Crippen molar-refractivity contribution < 1.29 is 19.4 Å². The number of rotatable bonds is 5. The minimum Gasteiger partial charge on any atom is -0.479 e. The smallest absolute Gasteiger partial charge is 0.334 e. The highest BCUT2D eigenvalue weighted by Gasteiger charge is 2.16. The molecule has 0 aliphatic rings. The molecule has 1 aromatic heterocycles. The number of carboxylic acids is 1. The number of nitrogens with zero attached hydrogens (tertiary/aromatic N) is 1. The number of carbonyl (C=O) groups is 2. The van der Waals surface area contributed by atoms with Gasteiger partial charge in [-0.25, -0.2) is 9.59 Å². The molecule has 0 aliphatic carbocycles. The molecule has 7 heteroatoms. The zero-order chi connectivity index (χ0) is 13.5. The van der Waals surface area contributed by atoms with Crippen LogP contribution in [0.4, 0.5) is 10.5 Å². The highest BCUT2D eigenvalue weighted by Crippen LogP contribution is 2.06. The molecule has 1 atom stereocenters. The molecule has 0 aliphatic heterocycles. The third kappa shape index (κ3) is 4.38. The van der Waals surface area contributed by atoms with Crippen LogP contribution in [0.15, 0.2) is 18.5 Å². The van der Waals surface area contributed by atoms with Crippen molar-refractivity contribution in [1.29, 1.82) is 0 Å². The minimum absolute atomic E-state index is 0.114. The summed E-state index contributed by atoms with van der Waals surface area (Å²) in [7, 11) is 1.27. The highest BCUT2D eigenvalue weighted by atomic mass is 16.5. The Labute approximate surface area is 104 Å². The molecule has 0 bridgehead atoms. The zero-order valence-corrected chi connectivity index (χ0v) is 10.1. The van der Waals surface area contributed by atoms with Crippen LogP contribution in [-0.2, 0) is 9.53 Å². The van der Waals surface area contributed by atoms with Gasteiger partial charge in [0.2, 0.25) is 0 Å². The maximum Gasteiger partial charge on any atom is 0.334 e. The van der Waals surface area contributed by atoms with Gasteiger partial charge in [-0.3, -0.25) is 4.98 Å². The van der Waals surface area contributed by atoms with Gasteiger partial charge in [0.05, 0.1) is 18.4 Å². The Morgan fingerprint density at radius 2 is 2.22 bits per heavy atom. The van der Waals surface area contributed by atoms with Crippen molar-refractivity contribution >= 4 is 17.7 Å². The number of aliphatic carboxylic acids is 1. The van der Waals surface area contributed by atoms with E-state index in [0.717, 1.165) is 5.56 Å². The van der Waals surface area contributed by atoms with Gasteiger partial charge in [0, 0.05) is 13.3 Å². The average molecular weight is 253 g/mol. The number of carbonyl (C=O) groups excluding carboxylic acids is 1. The third-order valence-corrected chi connectivity index (χ3v) is 2.14. The second kappa shape index (κ2) is 6.55. The number of pyridine rings is 1. The van der Waals surface area contributed by atoms with Gasteiger partial charge in [0.1, 0.15) is 0 Å². The Balaban J connectivity index is 2.45. The van der Waals surface area contributed by atoms with Gasteiger partial charge in [-0.1, -0.05) is 0 Å². The number of nitrogens with one attached hydrogen (secondary N) is 2. The van der Waals surface area contributed by atoms with Crippen LogP contribution in [0.3, 0.4) is 0 Å². The summed E-state index contributed by atoms with van der Waals surface area (Å²) in [4.78, 5) is 26.0. The van der Waals surface area contributed by atoms with E-state index in [-0.39, 0.29) is 6.54 Å². The predicted molar refractivity (Wildman–Crippen MR) is 64.4 cm³/mol. The molecule has 1 heterocycles. The Morgan fingerprint density at radius 3 is 2.78 bits per heavy atom. The van der Waals surface area contributed by atoms with Crippen molar-refractivity contribution in [3.05, 3.63) is 24.0 Å². The number of amides is 2. The molecule has 2 amide bonds. The number of aromatic nitrogens is 1. The van der Waals surface area contributed by atoms with Crippen molar-refractivity contribution in [2.24, 2.45) is 0 Å². The lowest BCUT2D eigenvalue weighted by molar-refractivity contribution is -0.147. The first-order valence-electron chi connectivity index (χ1n) is 5.25. The van der Waals surface area contributed by atoms with Gasteiger partial charge >= 0.3 is 12.0 Å². The molecule has 1 aromatic rings. The average Bonchev–Trinajstić information content (AvgIpc) is 2.29. The molecular weight excluding hydrogens is 238 g/mol. The summed E-state index contributed by atoms with van der Waals surface area (Å²) in [6.45, 7) is 1.73. The predicted octanol–water partition coefficient (Wildman–Crippen LogP) is 0.611. The SMILES string of the molecule is COC(CNC(=O)Nc1cncc(C)c1)C(=O)O. The molecule has 0 radical (unpaired) electrons. The first-order valence-corrected chi connectivity index (χ1v) is 5.25. The number of hydrogen-bond donors (Lipinski definition) is 3. The summed E-state index contributed by atoms with van der Waals surface area (Å²) < 4.78 is 4.68. The number of urea groups is 1. The Hall–Kier alpha value is -2.15. The van der Waals surface area contributed by atoms with Crippen LogP contribution in [0.25, 0.3) is 0 Å². The first kappa shape index (κ1) is 13.9. The second-order valence-corrected chi connectivity index (χ2v) is 3.65. The van der Waals surface area contributed by atoms with Crippen molar-refractivity contribution in [2.75, 3.05) is 19.0 Å². The molecule has 1 unspecified atom stereocenters. The van der Waals surface area contributed by atoms with Gasteiger partial charge in [0.25, 0.3) is 0 Å². The number of anilines is 1. The fourth-order valence-electron chi connectivity index (χ4n) is 1.26. The van der Waals surface area contributed by atoms with Gasteiger partial charge in [-0.2, -0.15) is 0 Å². The lowest BCUT2D eigenvalue weighted by atomic mass is 10.3. The van der Waals surface area contributed by atoms with Crippen LogP contribution in [0.5, 0.6) is 0 Å². The third-order valence-electron chi connectivity index (χ3n) is 2.14. The summed E-state index contributed by atoms with van der Waals surface area (Å²) in [5.74, 6) is -1.13. The molecular formula is C11H15N3O4. The Bertz CT molecular complexity index is 436. The van der Waals surface area contributed by atoms with E-state index in [0.29, 0.717) is 5.69 Å². The van der Waals surface area contributed by atoms with E-state index in [2.05, 4.69) is 20.4 Å². The number of methoxy groups -OCH3 is 1. The summed E-state index contributed by atoms with van der Waals surface area (Å²) in [6.07, 6.45) is 2.10. The van der Waals surface area contributed by atoms with Crippen LogP contribution in [0.1, 0.15) is 5.56 Å². The lowest BCUT2D eigenvalue weighted by Gasteiger charge is -2.12. The quantitative estimate of drug-likeness (QED) is 0.713. The molecule has 3 N–H and O–H groups in total. The summed E-state index contributed by atoms with van der Waals surface area (Å²) in [6, 6.07) is 1.24. The number of hydrogen-bond acceptors (Lipinski definition) is 4. The Kier molecular flexibility index (Phi) is 5.06. The van der Waals surface area contributed by atoms with Gasteiger partial charge in [-0.15, -0.1) is 0 Å². The van der Waals surface area contributed by atoms with Crippen molar-refractivity contribution in [2.45, 2.75) is 13.0 Å². The van der Waals surface area contributed by atoms with E-state index in [4.69, 9.17) is 5.11 Å². The van der Waals surface area contributed by atoms with E-state index >= 15 is 0 Å². The molecule has 0 aromatic carbocycles. The Morgan fingerprint density at radius 1 is 1.50 bits per heavy atom. The molecule has 0 saturated heterocycles. The summed E-state index contributed by atoms with van der Waals surface area (Å²) in [5.41, 5.74) is 1.45. The molecule has 1 rings (SSSR count). The van der Waals surface area contributed by atoms with Gasteiger partial charge < -0.3 is 20.5 Å². The van der Waals surface area contributed by atoms with E-state index in [1.807, 2.05) is 6.92 Å². The fourth-order valence-corrected chi connectivity index (χ4v) is 1.26. The van der Waals surface area contributed by atoms with Crippen molar-refractivity contribution in [1.82, 2.24) is 10.3 Å². The highest BCUT2D eigenvalue weighted by molar-refractivity contribution is 5.89. The molecule has 0 fully saturated rings. The van der Waals surface area contributed by atoms with Crippen LogP contribution in [0, 0.1) is 6.92 Å². The van der Waals surface area contributed by atoms with E-state index in [9.17, 15) is 9.59 Å². The fraction of sp³-hybridized carbons (Fsp3) is 0.364. The molecule has 98 valence electrons. The lowest BCUT2D eigenvalue weighted by Crippen LogP contribution is -2.39. The van der Waals surface area contributed by atoms with Crippen LogP contribution < -0.4 is 10.6 Å². The zero-order valence-electron chi connectivity index (χ0n) is 10.1. The van der Waals surface area contributed by atoms with Gasteiger partial charge in [0.15, 0.2) is 6.10 Å². The molecule has 0 saturated carbocycles. The largest absolute Gasteiger partial charge is 0.479 e. The van der Waals surface area contributed by atoms with Crippen LogP contribution >= 0.6 is 0 Å². The maximum absolute atomic E-state index is 11.5. The van der Waals surface area contributed by atoms with Crippen molar-refractivity contribution in [3.8, 4) is 0 Å². The number of carboxylic acid groups (broad SMARTS) is 1. The molecule has 18 heavy (non-hydrogen) atoms. The van der Waals surface area contributed by atoms with Crippen LogP contribution in [-0.4, -0.2) is 41.8 Å². The monoisotopic (exact) mass is 253 g/mol. The molecule has 0 spiro atoms. The van der Waals surface area contributed by atoms with Gasteiger partial charge in [-0.05, 0) is 18.6 Å². The summed E-state index contributed by atoms with van der Waals surface area (Å²) >= 11 is 0. The van der Waals surface area contributed by atoms with E-state index in [1.165, 1.54) is 13.3 Å². The summed E-state index contributed by atoms with van der Waals surface area (Å²) in [5, 5.41) is 13.6. The minimum atomic E-state index is -1.13. The van der Waals surface area contributed by atoms with Crippen LogP contribution in [0.2, 0.25) is 0 Å². The van der Waals surface area contributed by atoms with E-state index < -0.39 is 18.1 Å². The second-order valence-electron chi connectivity index (χ2n) is 3.65. The van der Waals surface area contributed by atoms with Crippen molar-refractivity contribution in [3.63, 3.8) is 0 Å². The number of aryl methyl sites for hydroxylation is 1. The maximum atomic E-state index is 11.5. The van der Waals surface area contributed by atoms with E-state index in [1.54, 1.807) is 12.3 Å². The normalized spacial score (nSPS) is 11.7. The topological polar surface area (TPSA) is 101 Å².